The minimum atomic E-state index is -0.311. The maximum absolute atomic E-state index is 13.7. The first-order chi connectivity index (χ1) is 17.0. The Kier molecular flexibility index (Phi) is 6.18. The third-order valence-electron chi connectivity index (χ3n) is 6.18. The number of carbonyl (C=O) groups is 2. The molecule has 8 nitrogen and oxygen atoms in total. The van der Waals surface area contributed by atoms with Gasteiger partial charge < -0.3 is 14.6 Å². The number of benzene rings is 1. The fourth-order valence-electron chi connectivity index (χ4n) is 4.30. The van der Waals surface area contributed by atoms with Crippen LogP contribution in [0.2, 0.25) is 0 Å². The highest BCUT2D eigenvalue weighted by Crippen LogP contribution is 2.28. The normalized spacial score (nSPS) is 15.7. The maximum Gasteiger partial charge on any atom is 0.257 e. The zero-order chi connectivity index (χ0) is 24.4. The second kappa shape index (κ2) is 9.58. The molecule has 4 heterocycles. The van der Waals surface area contributed by atoms with Gasteiger partial charge in [0.15, 0.2) is 5.76 Å². The quantitative estimate of drug-likeness (QED) is 0.460. The van der Waals surface area contributed by atoms with Crippen molar-refractivity contribution in [1.82, 2.24) is 19.7 Å². The lowest BCUT2D eigenvalue weighted by atomic mass is 9.96. The van der Waals surface area contributed by atoms with Crippen molar-refractivity contribution in [3.63, 3.8) is 0 Å². The highest BCUT2D eigenvalue weighted by molar-refractivity contribution is 6.00. The molecule has 8 heteroatoms. The van der Waals surface area contributed by atoms with Crippen molar-refractivity contribution in [2.45, 2.75) is 26.7 Å². The molecule has 1 aliphatic rings. The molecule has 1 unspecified atom stereocenters. The molecule has 2 amide bonds. The van der Waals surface area contributed by atoms with E-state index in [1.165, 1.54) is 0 Å². The summed E-state index contributed by atoms with van der Waals surface area (Å²) in [5.41, 5.74) is 2.81. The van der Waals surface area contributed by atoms with Crippen LogP contribution in [0.4, 0.5) is 5.82 Å². The molecule has 0 aliphatic carbocycles. The van der Waals surface area contributed by atoms with Gasteiger partial charge in [-0.2, -0.15) is 5.10 Å². The van der Waals surface area contributed by atoms with Gasteiger partial charge in [-0.3, -0.25) is 9.59 Å². The van der Waals surface area contributed by atoms with Crippen LogP contribution in [0.5, 0.6) is 0 Å². The van der Waals surface area contributed by atoms with E-state index in [1.807, 2.05) is 62.4 Å². The maximum atomic E-state index is 13.7. The van der Waals surface area contributed by atoms with E-state index in [1.54, 1.807) is 28.0 Å². The van der Waals surface area contributed by atoms with Crippen molar-refractivity contribution in [3.05, 3.63) is 83.9 Å². The number of carbonyl (C=O) groups excluding carboxylic acids is 2. The van der Waals surface area contributed by atoms with Crippen LogP contribution in [-0.4, -0.2) is 44.6 Å². The summed E-state index contributed by atoms with van der Waals surface area (Å²) in [7, 11) is 0. The number of furan rings is 1. The monoisotopic (exact) mass is 469 g/mol. The van der Waals surface area contributed by atoms with E-state index in [-0.39, 0.29) is 17.7 Å². The average molecular weight is 470 g/mol. The lowest BCUT2D eigenvalue weighted by molar-refractivity contribution is -0.121. The van der Waals surface area contributed by atoms with Gasteiger partial charge in [0.2, 0.25) is 5.91 Å². The number of rotatable bonds is 5. The Hall–Kier alpha value is -4.20. The molecule has 5 rings (SSSR count). The predicted molar refractivity (Wildman–Crippen MR) is 132 cm³/mol. The number of hydrogen-bond donors (Lipinski definition) is 1. The van der Waals surface area contributed by atoms with Crippen LogP contribution in [0.3, 0.4) is 0 Å². The molecule has 1 aliphatic heterocycles. The summed E-state index contributed by atoms with van der Waals surface area (Å²) in [4.78, 5) is 32.6. The minimum absolute atomic E-state index is 0.124. The Balaban J connectivity index is 1.39. The van der Waals surface area contributed by atoms with Gasteiger partial charge in [-0.05, 0) is 62.6 Å². The molecule has 35 heavy (non-hydrogen) atoms. The molecule has 1 N–H and O–H groups in total. The number of aryl methyl sites for hydroxylation is 2. The van der Waals surface area contributed by atoms with Crippen molar-refractivity contribution < 1.29 is 14.0 Å². The molecule has 1 fully saturated rings. The van der Waals surface area contributed by atoms with E-state index < -0.39 is 0 Å². The number of anilines is 1. The van der Waals surface area contributed by atoms with E-state index >= 15 is 0 Å². The van der Waals surface area contributed by atoms with Crippen LogP contribution in [0.1, 0.15) is 34.5 Å². The van der Waals surface area contributed by atoms with Gasteiger partial charge in [-0.15, -0.1) is 0 Å². The number of likely N-dealkylation sites (tertiary alicyclic amines) is 1. The van der Waals surface area contributed by atoms with Crippen molar-refractivity contribution in [2.75, 3.05) is 18.4 Å². The Bertz CT molecular complexity index is 1340. The summed E-state index contributed by atoms with van der Waals surface area (Å²) < 4.78 is 7.51. The van der Waals surface area contributed by atoms with Crippen molar-refractivity contribution in [3.8, 4) is 17.1 Å². The van der Waals surface area contributed by atoms with Gasteiger partial charge in [0.25, 0.3) is 5.91 Å². The Morgan fingerprint density at radius 3 is 2.60 bits per heavy atom. The molecule has 0 radical (unpaired) electrons. The number of para-hydroxylation sites is 1. The van der Waals surface area contributed by atoms with Crippen LogP contribution in [0.15, 0.2) is 71.4 Å². The lowest BCUT2D eigenvalue weighted by Crippen LogP contribution is -2.43. The molecule has 1 saturated heterocycles. The fraction of sp³-hybridized carbons (Fsp3) is 0.259. The summed E-state index contributed by atoms with van der Waals surface area (Å²) in [5.74, 6) is 1.20. The number of piperidine rings is 1. The summed E-state index contributed by atoms with van der Waals surface area (Å²) in [6, 6.07) is 17.0. The fourth-order valence-corrected chi connectivity index (χ4v) is 4.30. The highest BCUT2D eigenvalue weighted by Gasteiger charge is 2.32. The lowest BCUT2D eigenvalue weighted by Gasteiger charge is -2.32. The molecule has 0 bridgehead atoms. The highest BCUT2D eigenvalue weighted by atomic mass is 16.3. The van der Waals surface area contributed by atoms with E-state index in [4.69, 9.17) is 4.42 Å². The molecule has 0 saturated carbocycles. The van der Waals surface area contributed by atoms with Gasteiger partial charge >= 0.3 is 0 Å². The molecule has 1 aromatic carbocycles. The first kappa shape index (κ1) is 22.6. The smallest absolute Gasteiger partial charge is 0.257 e. The van der Waals surface area contributed by atoms with Crippen LogP contribution >= 0.6 is 0 Å². The SMILES string of the molecule is Cc1ccc(NC(=O)C2CCCN(C(=O)c3cn(-c4ccccc4)nc3-c3ccc(C)o3)C2)nc1. The first-order valence-electron chi connectivity index (χ1n) is 11.7. The second-order valence-corrected chi connectivity index (χ2v) is 8.88. The first-order valence-corrected chi connectivity index (χ1v) is 11.7. The van der Waals surface area contributed by atoms with E-state index in [9.17, 15) is 9.59 Å². The van der Waals surface area contributed by atoms with Gasteiger partial charge in [0.05, 0.1) is 17.2 Å². The number of nitrogens with one attached hydrogen (secondary N) is 1. The zero-order valence-corrected chi connectivity index (χ0v) is 19.8. The van der Waals surface area contributed by atoms with Crippen molar-refractivity contribution >= 4 is 17.6 Å². The van der Waals surface area contributed by atoms with Gasteiger partial charge in [-0.25, -0.2) is 9.67 Å². The largest absolute Gasteiger partial charge is 0.460 e. The summed E-state index contributed by atoms with van der Waals surface area (Å²) in [5, 5.41) is 7.57. The van der Waals surface area contributed by atoms with Crippen LogP contribution in [-0.2, 0) is 4.79 Å². The third kappa shape index (κ3) is 4.87. The summed E-state index contributed by atoms with van der Waals surface area (Å²) >= 11 is 0. The summed E-state index contributed by atoms with van der Waals surface area (Å²) in [6.07, 6.45) is 4.92. The Morgan fingerprint density at radius 1 is 1.06 bits per heavy atom. The second-order valence-electron chi connectivity index (χ2n) is 8.88. The van der Waals surface area contributed by atoms with Gasteiger partial charge in [-0.1, -0.05) is 24.3 Å². The Morgan fingerprint density at radius 2 is 1.89 bits per heavy atom. The minimum Gasteiger partial charge on any atom is -0.460 e. The molecule has 3 aromatic heterocycles. The van der Waals surface area contributed by atoms with Crippen molar-refractivity contribution in [1.29, 1.82) is 0 Å². The number of pyridine rings is 1. The van der Waals surface area contributed by atoms with E-state index in [0.717, 1.165) is 29.9 Å². The van der Waals surface area contributed by atoms with Gasteiger partial charge in [0, 0.05) is 25.5 Å². The predicted octanol–water partition coefficient (Wildman–Crippen LogP) is 4.64. The van der Waals surface area contributed by atoms with E-state index in [2.05, 4.69) is 15.4 Å². The number of aromatic nitrogens is 3. The van der Waals surface area contributed by atoms with Crippen LogP contribution in [0.25, 0.3) is 17.1 Å². The van der Waals surface area contributed by atoms with Crippen molar-refractivity contribution in [2.24, 2.45) is 5.92 Å². The van der Waals surface area contributed by atoms with Gasteiger partial charge in [0.1, 0.15) is 17.3 Å². The zero-order valence-electron chi connectivity index (χ0n) is 19.8. The van der Waals surface area contributed by atoms with Crippen LogP contribution in [0, 0.1) is 19.8 Å². The number of amides is 2. The standard InChI is InChI=1S/C27H27N5O3/c1-18-10-13-24(28-15-18)29-26(33)20-7-6-14-31(16-20)27(34)22-17-32(21-8-4-3-5-9-21)30-25(22)23-12-11-19(2)35-23/h3-5,8-13,15,17,20H,6-7,14,16H2,1-2H3,(H,28,29,33). The van der Waals surface area contributed by atoms with E-state index in [0.29, 0.717) is 35.9 Å². The molecule has 4 aromatic rings. The Labute approximate surface area is 203 Å². The molecule has 178 valence electrons. The number of hydrogen-bond acceptors (Lipinski definition) is 5. The molecular weight excluding hydrogens is 442 g/mol. The topological polar surface area (TPSA) is 93.3 Å². The third-order valence-corrected chi connectivity index (χ3v) is 6.18. The number of nitrogens with zero attached hydrogens (tertiary/aromatic N) is 4. The summed E-state index contributed by atoms with van der Waals surface area (Å²) in [6.45, 7) is 4.72. The average Bonchev–Trinajstić information content (AvgIpc) is 3.52. The van der Waals surface area contributed by atoms with Crippen LogP contribution < -0.4 is 5.32 Å². The molecular formula is C27H27N5O3. The molecule has 0 spiro atoms. The molecule has 1 atom stereocenters.